The lowest BCUT2D eigenvalue weighted by molar-refractivity contribution is -0.146. The van der Waals surface area contributed by atoms with Gasteiger partial charge in [-0.15, -0.1) is 12.6 Å². The van der Waals surface area contributed by atoms with Gasteiger partial charge in [-0.1, -0.05) is 6.07 Å². The third-order valence-corrected chi connectivity index (χ3v) is 2.97. The Morgan fingerprint density at radius 2 is 1.94 bits per heavy atom. The van der Waals surface area contributed by atoms with Gasteiger partial charge in [0.15, 0.2) is 0 Å². The van der Waals surface area contributed by atoms with Crippen molar-refractivity contribution in [2.45, 2.75) is 24.2 Å². The van der Waals surface area contributed by atoms with E-state index < -0.39 is 5.41 Å². The summed E-state index contributed by atoms with van der Waals surface area (Å²) in [4.78, 5) is 12.4. The predicted octanol–water partition coefficient (Wildman–Crippen LogP) is 2.43. The summed E-state index contributed by atoms with van der Waals surface area (Å²) in [5.74, 6) is 0.374. The monoisotopic (exact) mass is 240 g/mol. The number of methoxy groups -OCH3 is 2. The second-order valence-electron chi connectivity index (χ2n) is 4.00. The first-order valence-electron chi connectivity index (χ1n) is 4.89. The number of esters is 1. The molecule has 88 valence electrons. The summed E-state index contributed by atoms with van der Waals surface area (Å²) in [6, 6.07) is 5.46. The minimum absolute atomic E-state index is 0.276. The molecular formula is C12H16O3S. The summed E-state index contributed by atoms with van der Waals surface area (Å²) in [7, 11) is 2.96. The Morgan fingerprint density at radius 1 is 1.31 bits per heavy atom. The topological polar surface area (TPSA) is 35.5 Å². The third-order valence-electron chi connectivity index (χ3n) is 2.60. The quantitative estimate of drug-likeness (QED) is 0.651. The molecule has 0 radical (unpaired) electrons. The lowest BCUT2D eigenvalue weighted by Gasteiger charge is -2.22. The first-order chi connectivity index (χ1) is 7.43. The molecule has 0 aliphatic heterocycles. The van der Waals surface area contributed by atoms with Crippen LogP contribution in [0.2, 0.25) is 0 Å². The zero-order valence-electron chi connectivity index (χ0n) is 9.90. The van der Waals surface area contributed by atoms with Crippen molar-refractivity contribution in [1.82, 2.24) is 0 Å². The van der Waals surface area contributed by atoms with Crippen LogP contribution in [0.3, 0.4) is 0 Å². The molecule has 0 unspecified atom stereocenters. The summed E-state index contributed by atoms with van der Waals surface area (Å²) in [6.45, 7) is 3.62. The lowest BCUT2D eigenvalue weighted by Crippen LogP contribution is -2.30. The highest BCUT2D eigenvalue weighted by atomic mass is 32.1. The first kappa shape index (κ1) is 12.9. The molecule has 1 rings (SSSR count). The molecule has 1 aromatic rings. The molecule has 0 amide bonds. The van der Waals surface area contributed by atoms with Gasteiger partial charge in [-0.3, -0.25) is 4.79 Å². The maximum absolute atomic E-state index is 11.6. The number of benzene rings is 1. The van der Waals surface area contributed by atoms with Crippen LogP contribution < -0.4 is 4.74 Å². The molecule has 4 heteroatoms. The summed E-state index contributed by atoms with van der Waals surface area (Å²) >= 11 is 4.25. The number of ether oxygens (including phenoxy) is 2. The van der Waals surface area contributed by atoms with E-state index in [0.29, 0.717) is 5.75 Å². The van der Waals surface area contributed by atoms with E-state index in [-0.39, 0.29) is 5.97 Å². The second-order valence-corrected chi connectivity index (χ2v) is 4.49. The van der Waals surface area contributed by atoms with Gasteiger partial charge in [0.1, 0.15) is 5.75 Å². The Hall–Kier alpha value is -1.16. The van der Waals surface area contributed by atoms with Gasteiger partial charge in [0.25, 0.3) is 0 Å². The van der Waals surface area contributed by atoms with E-state index >= 15 is 0 Å². The molecule has 0 N–H and O–H groups in total. The second kappa shape index (κ2) is 4.78. The van der Waals surface area contributed by atoms with E-state index in [4.69, 9.17) is 9.47 Å². The standard InChI is InChI=1S/C12H16O3S/c1-12(2,11(13)15-4)8-5-6-10(16)9(7-8)14-3/h5-7,16H,1-4H3. The van der Waals surface area contributed by atoms with Gasteiger partial charge >= 0.3 is 5.97 Å². The molecule has 0 aromatic heterocycles. The molecule has 0 fully saturated rings. The van der Waals surface area contributed by atoms with Crippen molar-refractivity contribution in [2.75, 3.05) is 14.2 Å². The Kier molecular flexibility index (Phi) is 3.86. The van der Waals surface area contributed by atoms with Crippen LogP contribution in [0.15, 0.2) is 23.1 Å². The van der Waals surface area contributed by atoms with Gasteiger partial charge in [-0.2, -0.15) is 0 Å². The normalized spacial score (nSPS) is 11.1. The fourth-order valence-corrected chi connectivity index (χ4v) is 1.67. The molecule has 0 spiro atoms. The van der Waals surface area contributed by atoms with E-state index in [0.717, 1.165) is 10.5 Å². The average molecular weight is 240 g/mol. The van der Waals surface area contributed by atoms with Crippen LogP contribution in [-0.2, 0) is 14.9 Å². The Balaban J connectivity index is 3.18. The lowest BCUT2D eigenvalue weighted by atomic mass is 9.84. The maximum atomic E-state index is 11.6. The van der Waals surface area contributed by atoms with Crippen LogP contribution in [0.25, 0.3) is 0 Å². The van der Waals surface area contributed by atoms with Crippen LogP contribution in [0, 0.1) is 0 Å². The van der Waals surface area contributed by atoms with Crippen LogP contribution in [0.5, 0.6) is 5.75 Å². The molecule has 0 aliphatic carbocycles. The molecule has 0 saturated carbocycles. The molecule has 3 nitrogen and oxygen atoms in total. The number of carbonyl (C=O) groups is 1. The maximum Gasteiger partial charge on any atom is 0.315 e. The molecule has 0 bridgehead atoms. The largest absolute Gasteiger partial charge is 0.496 e. The van der Waals surface area contributed by atoms with E-state index in [1.54, 1.807) is 13.2 Å². The van der Waals surface area contributed by atoms with Gasteiger partial charge in [-0.05, 0) is 31.5 Å². The van der Waals surface area contributed by atoms with Crippen LogP contribution in [0.1, 0.15) is 19.4 Å². The van der Waals surface area contributed by atoms with E-state index in [1.807, 2.05) is 26.0 Å². The number of hydrogen-bond donors (Lipinski definition) is 1. The highest BCUT2D eigenvalue weighted by Crippen LogP contribution is 2.31. The van der Waals surface area contributed by atoms with Crippen molar-refractivity contribution in [3.8, 4) is 5.75 Å². The average Bonchev–Trinajstić information content (AvgIpc) is 2.28. The highest BCUT2D eigenvalue weighted by molar-refractivity contribution is 7.80. The van der Waals surface area contributed by atoms with E-state index in [1.165, 1.54) is 7.11 Å². The molecule has 1 aromatic carbocycles. The van der Waals surface area contributed by atoms with Crippen LogP contribution in [0.4, 0.5) is 0 Å². The van der Waals surface area contributed by atoms with Crippen molar-refractivity contribution in [2.24, 2.45) is 0 Å². The van der Waals surface area contributed by atoms with Gasteiger partial charge in [0.05, 0.1) is 19.6 Å². The SMILES string of the molecule is COC(=O)C(C)(C)c1ccc(S)c(OC)c1. The fraction of sp³-hybridized carbons (Fsp3) is 0.417. The van der Waals surface area contributed by atoms with Crippen molar-refractivity contribution in [1.29, 1.82) is 0 Å². The Morgan fingerprint density at radius 3 is 2.44 bits per heavy atom. The van der Waals surface area contributed by atoms with E-state index in [2.05, 4.69) is 12.6 Å². The number of rotatable bonds is 3. The summed E-state index contributed by atoms with van der Waals surface area (Å²) in [6.07, 6.45) is 0. The van der Waals surface area contributed by atoms with Crippen LogP contribution in [-0.4, -0.2) is 20.2 Å². The molecule has 0 aliphatic rings. The molecule has 0 heterocycles. The fourth-order valence-electron chi connectivity index (χ4n) is 1.44. The third kappa shape index (κ3) is 2.32. The molecule has 0 atom stereocenters. The predicted molar refractivity (Wildman–Crippen MR) is 65.3 cm³/mol. The zero-order valence-corrected chi connectivity index (χ0v) is 10.8. The number of carbonyl (C=O) groups excluding carboxylic acids is 1. The van der Waals surface area contributed by atoms with Gasteiger partial charge in [-0.25, -0.2) is 0 Å². The van der Waals surface area contributed by atoms with Gasteiger partial charge in [0.2, 0.25) is 0 Å². The number of thiol groups is 1. The van der Waals surface area contributed by atoms with Crippen molar-refractivity contribution >= 4 is 18.6 Å². The summed E-state index contributed by atoms with van der Waals surface area (Å²) < 4.78 is 9.94. The van der Waals surface area contributed by atoms with Crippen LogP contribution >= 0.6 is 12.6 Å². The zero-order chi connectivity index (χ0) is 12.3. The Bertz CT molecular complexity index is 399. The first-order valence-corrected chi connectivity index (χ1v) is 5.34. The van der Waals surface area contributed by atoms with Crippen molar-refractivity contribution in [3.05, 3.63) is 23.8 Å². The minimum atomic E-state index is -0.691. The van der Waals surface area contributed by atoms with Crippen molar-refractivity contribution in [3.63, 3.8) is 0 Å². The molecular weight excluding hydrogens is 224 g/mol. The van der Waals surface area contributed by atoms with Gasteiger partial charge in [0, 0.05) is 4.90 Å². The summed E-state index contributed by atoms with van der Waals surface area (Å²) in [5, 5.41) is 0. The Labute approximate surface area is 101 Å². The minimum Gasteiger partial charge on any atom is -0.496 e. The number of hydrogen-bond acceptors (Lipinski definition) is 4. The smallest absolute Gasteiger partial charge is 0.315 e. The summed E-state index contributed by atoms with van der Waals surface area (Å²) in [5.41, 5.74) is 0.151. The molecule has 0 saturated heterocycles. The highest BCUT2D eigenvalue weighted by Gasteiger charge is 2.31. The van der Waals surface area contributed by atoms with E-state index in [9.17, 15) is 4.79 Å². The van der Waals surface area contributed by atoms with Gasteiger partial charge < -0.3 is 9.47 Å². The molecule has 16 heavy (non-hydrogen) atoms. The van der Waals surface area contributed by atoms with Crippen molar-refractivity contribution < 1.29 is 14.3 Å².